The minimum Gasteiger partial charge on any atom is -0.324 e. The fraction of sp³-hybridized carbons (Fsp3) is 0.235. The van der Waals surface area contributed by atoms with Crippen LogP contribution in [0.1, 0.15) is 23.6 Å². The molecule has 93 valence electrons. The maximum absolute atomic E-state index is 6.36. The molecule has 0 aromatic heterocycles. The van der Waals surface area contributed by atoms with Gasteiger partial charge in [0.25, 0.3) is 0 Å². The molecule has 2 aromatic carbocycles. The maximum atomic E-state index is 6.36. The zero-order valence-electron chi connectivity index (χ0n) is 11.1. The molecule has 1 nitrogen and oxygen atoms in total. The highest BCUT2D eigenvalue weighted by Gasteiger charge is 2.19. The number of hydrogen-bond donors (Lipinski definition) is 1. The van der Waals surface area contributed by atoms with E-state index in [4.69, 9.17) is 5.73 Å². The molecule has 1 unspecified atom stereocenters. The van der Waals surface area contributed by atoms with Gasteiger partial charge < -0.3 is 5.73 Å². The summed E-state index contributed by atoms with van der Waals surface area (Å²) in [5.74, 6) is 0. The van der Waals surface area contributed by atoms with Gasteiger partial charge in [0, 0.05) is 12.0 Å². The molecule has 1 heteroatoms. The van der Waals surface area contributed by atoms with Gasteiger partial charge >= 0.3 is 0 Å². The van der Waals surface area contributed by atoms with E-state index >= 15 is 0 Å². The molecule has 1 radical (unpaired) electrons. The zero-order valence-corrected chi connectivity index (χ0v) is 11.1. The summed E-state index contributed by atoms with van der Waals surface area (Å²) in [4.78, 5) is 0. The Kier molecular flexibility index (Phi) is 3.83. The van der Waals surface area contributed by atoms with Gasteiger partial charge in [-0.2, -0.15) is 0 Å². The summed E-state index contributed by atoms with van der Waals surface area (Å²) in [6, 6.07) is 18.8. The highest BCUT2D eigenvalue weighted by atomic mass is 14.7. The van der Waals surface area contributed by atoms with Crippen molar-refractivity contribution in [2.45, 2.75) is 25.8 Å². The molecule has 1 atom stereocenters. The van der Waals surface area contributed by atoms with Crippen LogP contribution < -0.4 is 5.73 Å². The Labute approximate surface area is 110 Å². The lowest BCUT2D eigenvalue weighted by Gasteiger charge is -2.24. The van der Waals surface area contributed by atoms with Gasteiger partial charge in [-0.05, 0) is 31.4 Å². The number of benzene rings is 2. The largest absolute Gasteiger partial charge is 0.324 e. The Morgan fingerprint density at radius 2 is 1.61 bits per heavy atom. The predicted molar refractivity (Wildman–Crippen MR) is 77.3 cm³/mol. The summed E-state index contributed by atoms with van der Waals surface area (Å²) >= 11 is 0. The number of nitrogens with two attached hydrogens (primary N) is 1. The molecule has 2 N–H and O–H groups in total. The third-order valence-electron chi connectivity index (χ3n) is 3.00. The maximum Gasteiger partial charge on any atom is 0.0242 e. The van der Waals surface area contributed by atoms with E-state index in [-0.39, 0.29) is 5.54 Å². The van der Waals surface area contributed by atoms with Crippen LogP contribution in [0.3, 0.4) is 0 Å². The van der Waals surface area contributed by atoms with Gasteiger partial charge in [0.15, 0.2) is 0 Å². The van der Waals surface area contributed by atoms with E-state index < -0.39 is 0 Å². The topological polar surface area (TPSA) is 26.0 Å². The normalized spacial score (nSPS) is 14.2. The Morgan fingerprint density at radius 1 is 1.00 bits per heavy atom. The fourth-order valence-corrected chi connectivity index (χ4v) is 2.13. The van der Waals surface area contributed by atoms with Crippen LogP contribution in [-0.2, 0) is 6.42 Å². The first kappa shape index (κ1) is 12.8. The monoisotopic (exact) mass is 238 g/mol. The zero-order chi connectivity index (χ0) is 13.0. The van der Waals surface area contributed by atoms with Gasteiger partial charge in [0.1, 0.15) is 0 Å². The second-order valence-corrected chi connectivity index (χ2v) is 5.22. The van der Waals surface area contributed by atoms with Gasteiger partial charge in [-0.25, -0.2) is 0 Å². The molecule has 0 aliphatic rings. The standard InChI is InChI=1S/C17H20N/c1-14-8-10-16(11-9-14)13-17(2,18)12-15-6-4-3-5-7-15/h3-11,13H,12,18H2,1-2H3. The second kappa shape index (κ2) is 5.36. The van der Waals surface area contributed by atoms with Crippen LogP contribution in [-0.4, -0.2) is 5.54 Å². The highest BCUT2D eigenvalue weighted by Crippen LogP contribution is 2.18. The first-order valence-electron chi connectivity index (χ1n) is 6.31. The molecule has 0 heterocycles. The van der Waals surface area contributed by atoms with Crippen molar-refractivity contribution in [2.75, 3.05) is 0 Å². The average molecular weight is 238 g/mol. The Balaban J connectivity index is 2.05. The van der Waals surface area contributed by atoms with E-state index in [1.165, 1.54) is 16.7 Å². The minimum atomic E-state index is -0.323. The van der Waals surface area contributed by atoms with Crippen molar-refractivity contribution in [1.29, 1.82) is 0 Å². The number of aryl methyl sites for hydroxylation is 1. The first-order valence-corrected chi connectivity index (χ1v) is 6.31. The lowest BCUT2D eigenvalue weighted by molar-refractivity contribution is 0.548. The van der Waals surface area contributed by atoms with Gasteiger partial charge in [-0.3, -0.25) is 0 Å². The molecular weight excluding hydrogens is 218 g/mol. The third kappa shape index (κ3) is 3.71. The molecule has 0 bridgehead atoms. The van der Waals surface area contributed by atoms with E-state index in [0.29, 0.717) is 0 Å². The first-order chi connectivity index (χ1) is 8.55. The lowest BCUT2D eigenvalue weighted by Crippen LogP contribution is -2.39. The summed E-state index contributed by atoms with van der Waals surface area (Å²) < 4.78 is 0. The minimum absolute atomic E-state index is 0.323. The van der Waals surface area contributed by atoms with Gasteiger partial charge in [-0.15, -0.1) is 0 Å². The molecule has 0 spiro atoms. The van der Waals surface area contributed by atoms with E-state index in [0.717, 1.165) is 6.42 Å². The van der Waals surface area contributed by atoms with Crippen LogP contribution in [0.25, 0.3) is 0 Å². The Hall–Kier alpha value is -1.60. The molecule has 0 aliphatic heterocycles. The van der Waals surface area contributed by atoms with E-state index in [1.807, 2.05) is 6.07 Å². The Bertz CT molecular complexity index is 483. The predicted octanol–water partition coefficient (Wildman–Crippen LogP) is 3.51. The molecule has 0 fully saturated rings. The summed E-state index contributed by atoms with van der Waals surface area (Å²) in [7, 11) is 0. The van der Waals surface area contributed by atoms with Crippen LogP contribution in [0.2, 0.25) is 0 Å². The molecular formula is C17H20N. The molecule has 2 rings (SSSR count). The molecule has 0 aliphatic carbocycles. The highest BCUT2D eigenvalue weighted by molar-refractivity contribution is 5.32. The van der Waals surface area contributed by atoms with Crippen LogP contribution in [0.5, 0.6) is 0 Å². The quantitative estimate of drug-likeness (QED) is 0.866. The molecule has 18 heavy (non-hydrogen) atoms. The van der Waals surface area contributed by atoms with Crippen molar-refractivity contribution in [1.82, 2.24) is 0 Å². The second-order valence-electron chi connectivity index (χ2n) is 5.22. The SMILES string of the molecule is Cc1ccc([CH]C(C)(N)Cc2ccccc2)cc1. The van der Waals surface area contributed by atoms with Crippen LogP contribution >= 0.6 is 0 Å². The average Bonchev–Trinajstić information content (AvgIpc) is 2.32. The van der Waals surface area contributed by atoms with E-state index in [2.05, 4.69) is 68.8 Å². The summed E-state index contributed by atoms with van der Waals surface area (Å²) in [6.45, 7) is 4.16. The van der Waals surface area contributed by atoms with Crippen molar-refractivity contribution >= 4 is 0 Å². The van der Waals surface area contributed by atoms with Crippen molar-refractivity contribution < 1.29 is 0 Å². The van der Waals surface area contributed by atoms with Crippen molar-refractivity contribution in [3.8, 4) is 0 Å². The van der Waals surface area contributed by atoms with Gasteiger partial charge in [0.05, 0.1) is 0 Å². The molecule has 0 saturated carbocycles. The van der Waals surface area contributed by atoms with Gasteiger partial charge in [0.2, 0.25) is 0 Å². The number of rotatable bonds is 4. The summed E-state index contributed by atoms with van der Waals surface area (Å²) in [5, 5.41) is 0. The van der Waals surface area contributed by atoms with Crippen molar-refractivity contribution in [3.63, 3.8) is 0 Å². The lowest BCUT2D eigenvalue weighted by atomic mass is 9.87. The fourth-order valence-electron chi connectivity index (χ4n) is 2.13. The van der Waals surface area contributed by atoms with Crippen LogP contribution in [0, 0.1) is 13.3 Å². The van der Waals surface area contributed by atoms with Crippen molar-refractivity contribution in [3.05, 3.63) is 77.7 Å². The summed E-state index contributed by atoms with van der Waals surface area (Å²) in [5.41, 5.74) is 9.76. The smallest absolute Gasteiger partial charge is 0.0242 e. The molecule has 2 aromatic rings. The van der Waals surface area contributed by atoms with Crippen LogP contribution in [0.4, 0.5) is 0 Å². The third-order valence-corrected chi connectivity index (χ3v) is 3.00. The Morgan fingerprint density at radius 3 is 2.22 bits per heavy atom. The summed E-state index contributed by atoms with van der Waals surface area (Å²) in [6.07, 6.45) is 2.99. The van der Waals surface area contributed by atoms with Crippen molar-refractivity contribution in [2.24, 2.45) is 5.73 Å². The van der Waals surface area contributed by atoms with Gasteiger partial charge in [-0.1, -0.05) is 60.2 Å². The van der Waals surface area contributed by atoms with Crippen LogP contribution in [0.15, 0.2) is 54.6 Å². The molecule has 0 amide bonds. The van der Waals surface area contributed by atoms with E-state index in [9.17, 15) is 0 Å². The number of hydrogen-bond acceptors (Lipinski definition) is 1. The van der Waals surface area contributed by atoms with E-state index in [1.54, 1.807) is 0 Å². The molecule has 0 saturated heterocycles.